The zero-order valence-corrected chi connectivity index (χ0v) is 17.2. The summed E-state index contributed by atoms with van der Waals surface area (Å²) in [7, 11) is 0. The zero-order valence-electron chi connectivity index (χ0n) is 17.2. The first-order valence-electron chi connectivity index (χ1n) is 9.49. The van der Waals surface area contributed by atoms with Gasteiger partial charge in [0.1, 0.15) is 5.60 Å². The fourth-order valence-electron chi connectivity index (χ4n) is 3.97. The number of benzene rings is 1. The van der Waals surface area contributed by atoms with Crippen molar-refractivity contribution >= 4 is 17.0 Å². The van der Waals surface area contributed by atoms with E-state index in [9.17, 15) is 9.90 Å². The first-order chi connectivity index (χ1) is 12.4. The van der Waals surface area contributed by atoms with Crippen LogP contribution in [0, 0.1) is 12.3 Å². The van der Waals surface area contributed by atoms with Gasteiger partial charge in [0.25, 0.3) is 0 Å². The molecule has 0 aliphatic carbocycles. The molecule has 27 heavy (non-hydrogen) atoms. The number of nitrogens with zero attached hydrogens (tertiary/aromatic N) is 2. The van der Waals surface area contributed by atoms with Crippen LogP contribution in [0.1, 0.15) is 52.2 Å². The third kappa shape index (κ3) is 3.65. The summed E-state index contributed by atoms with van der Waals surface area (Å²) in [5.74, 6) is 0. The maximum atomic E-state index is 12.5. The molecule has 1 aromatic carbocycles. The third-order valence-corrected chi connectivity index (χ3v) is 5.50. The topological polar surface area (TPSA) is 62.7 Å². The van der Waals surface area contributed by atoms with E-state index in [1.54, 1.807) is 11.1 Å². The molecule has 5 nitrogen and oxygen atoms in total. The van der Waals surface area contributed by atoms with Crippen molar-refractivity contribution in [3.05, 3.63) is 41.6 Å². The van der Waals surface area contributed by atoms with Gasteiger partial charge in [-0.05, 0) is 63.4 Å². The van der Waals surface area contributed by atoms with Crippen molar-refractivity contribution < 1.29 is 14.6 Å². The lowest BCUT2D eigenvalue weighted by atomic mass is 9.65. The number of carbonyl (C=O) groups is 1. The number of aromatic nitrogens is 1. The maximum absolute atomic E-state index is 12.5. The van der Waals surface area contributed by atoms with Gasteiger partial charge >= 0.3 is 6.09 Å². The highest BCUT2D eigenvalue weighted by Gasteiger charge is 2.50. The molecule has 1 aromatic heterocycles. The number of aryl methyl sites for hydroxylation is 1. The summed E-state index contributed by atoms with van der Waals surface area (Å²) in [5.41, 5.74) is 0.768. The molecule has 5 heteroatoms. The summed E-state index contributed by atoms with van der Waals surface area (Å²) >= 11 is 0. The van der Waals surface area contributed by atoms with E-state index >= 15 is 0 Å². The number of likely N-dealkylation sites (tertiary alicyclic amines) is 1. The molecular weight excluding hydrogens is 340 g/mol. The minimum Gasteiger partial charge on any atom is -0.444 e. The van der Waals surface area contributed by atoms with Crippen molar-refractivity contribution in [2.24, 2.45) is 5.41 Å². The Hall–Kier alpha value is -2.14. The molecule has 0 saturated carbocycles. The quantitative estimate of drug-likeness (QED) is 0.808. The first kappa shape index (κ1) is 19.6. The van der Waals surface area contributed by atoms with Crippen LogP contribution in [0.4, 0.5) is 4.79 Å². The molecule has 1 saturated heterocycles. The lowest BCUT2D eigenvalue weighted by Gasteiger charge is -2.51. The summed E-state index contributed by atoms with van der Waals surface area (Å²) in [6.45, 7) is 12.5. The van der Waals surface area contributed by atoms with E-state index in [1.807, 2.05) is 65.8 Å². The van der Waals surface area contributed by atoms with E-state index < -0.39 is 16.6 Å². The molecule has 2 aromatic rings. The molecule has 2 heterocycles. The van der Waals surface area contributed by atoms with Crippen LogP contribution in [0.2, 0.25) is 0 Å². The highest BCUT2D eigenvalue weighted by Crippen LogP contribution is 2.47. The molecule has 0 bridgehead atoms. The van der Waals surface area contributed by atoms with E-state index in [0.29, 0.717) is 19.5 Å². The minimum atomic E-state index is -1.03. The molecule has 146 valence electrons. The van der Waals surface area contributed by atoms with Crippen LogP contribution in [-0.4, -0.2) is 39.8 Å². The largest absolute Gasteiger partial charge is 0.444 e. The Balaban J connectivity index is 1.93. The molecule has 1 aliphatic heterocycles. The van der Waals surface area contributed by atoms with Crippen molar-refractivity contribution in [1.82, 2.24) is 9.88 Å². The fraction of sp³-hybridized carbons (Fsp3) is 0.545. The molecule has 1 aliphatic rings. The Labute approximate surface area is 161 Å². The molecule has 1 fully saturated rings. The predicted molar refractivity (Wildman–Crippen MR) is 107 cm³/mol. The normalized spacial score (nSPS) is 22.7. The van der Waals surface area contributed by atoms with Crippen LogP contribution in [0.15, 0.2) is 30.5 Å². The molecule has 0 spiro atoms. The molecule has 1 amide bonds. The van der Waals surface area contributed by atoms with Crippen molar-refractivity contribution in [2.45, 2.75) is 59.2 Å². The summed E-state index contributed by atoms with van der Waals surface area (Å²) in [5, 5.41) is 12.8. The number of amides is 1. The van der Waals surface area contributed by atoms with Gasteiger partial charge in [0.2, 0.25) is 0 Å². The molecule has 1 unspecified atom stereocenters. The van der Waals surface area contributed by atoms with Gasteiger partial charge in [-0.25, -0.2) is 4.79 Å². The van der Waals surface area contributed by atoms with Crippen molar-refractivity contribution in [3.8, 4) is 0 Å². The summed E-state index contributed by atoms with van der Waals surface area (Å²) < 4.78 is 5.52. The number of aliphatic hydroxyl groups is 1. The SMILES string of the molecule is Cc1cc2ncccc2cc1C1(O)CCN(C(=O)OC(C)(C)C)CC1(C)C. The second kappa shape index (κ2) is 6.48. The third-order valence-electron chi connectivity index (χ3n) is 5.50. The van der Waals surface area contributed by atoms with Gasteiger partial charge in [-0.1, -0.05) is 19.9 Å². The molecule has 0 radical (unpaired) electrons. The Morgan fingerprint density at radius 3 is 2.63 bits per heavy atom. The summed E-state index contributed by atoms with van der Waals surface area (Å²) in [6, 6.07) is 7.99. The Bertz CT molecular complexity index is 869. The van der Waals surface area contributed by atoms with Gasteiger partial charge < -0.3 is 14.7 Å². The molecule has 1 atom stereocenters. The number of hydrogen-bond donors (Lipinski definition) is 1. The average molecular weight is 370 g/mol. The Morgan fingerprint density at radius 1 is 1.30 bits per heavy atom. The molecule has 1 N–H and O–H groups in total. The van der Waals surface area contributed by atoms with Gasteiger partial charge in [-0.2, -0.15) is 0 Å². The number of pyridine rings is 1. The highest BCUT2D eigenvalue weighted by atomic mass is 16.6. The van der Waals surface area contributed by atoms with Crippen LogP contribution < -0.4 is 0 Å². The number of carbonyl (C=O) groups excluding carboxylic acids is 1. The van der Waals surface area contributed by atoms with Gasteiger partial charge in [0, 0.05) is 30.1 Å². The number of rotatable bonds is 1. The van der Waals surface area contributed by atoms with Crippen LogP contribution in [-0.2, 0) is 10.3 Å². The second-order valence-corrected chi connectivity index (χ2v) is 9.26. The molecular formula is C22H30N2O3. The average Bonchev–Trinajstić information content (AvgIpc) is 2.55. The van der Waals surface area contributed by atoms with Crippen LogP contribution in [0.5, 0.6) is 0 Å². The van der Waals surface area contributed by atoms with Gasteiger partial charge in [0.15, 0.2) is 0 Å². The summed E-state index contributed by atoms with van der Waals surface area (Å²) in [4.78, 5) is 18.6. The van der Waals surface area contributed by atoms with Crippen LogP contribution in [0.25, 0.3) is 10.9 Å². The Morgan fingerprint density at radius 2 is 2.00 bits per heavy atom. The fourth-order valence-corrected chi connectivity index (χ4v) is 3.97. The van der Waals surface area contributed by atoms with Crippen LogP contribution in [0.3, 0.4) is 0 Å². The van der Waals surface area contributed by atoms with Crippen molar-refractivity contribution in [2.75, 3.05) is 13.1 Å². The van der Waals surface area contributed by atoms with Crippen molar-refractivity contribution in [3.63, 3.8) is 0 Å². The van der Waals surface area contributed by atoms with Gasteiger partial charge in [-0.3, -0.25) is 4.98 Å². The lowest BCUT2D eigenvalue weighted by molar-refractivity contribution is -0.123. The first-order valence-corrected chi connectivity index (χ1v) is 9.49. The number of hydrogen-bond acceptors (Lipinski definition) is 4. The monoisotopic (exact) mass is 370 g/mol. The van der Waals surface area contributed by atoms with E-state index in [2.05, 4.69) is 4.98 Å². The standard InChI is InChI=1S/C22H30N2O3/c1-15-12-18-16(8-7-10-23-18)13-17(15)22(26)9-11-24(14-21(22,5)6)19(25)27-20(2,3)4/h7-8,10,12-13,26H,9,11,14H2,1-6H3. The lowest BCUT2D eigenvalue weighted by Crippen LogP contribution is -2.57. The highest BCUT2D eigenvalue weighted by molar-refractivity contribution is 5.80. The summed E-state index contributed by atoms with van der Waals surface area (Å²) in [6.07, 6.45) is 1.92. The zero-order chi connectivity index (χ0) is 20.0. The number of fused-ring (bicyclic) bond motifs is 1. The smallest absolute Gasteiger partial charge is 0.410 e. The minimum absolute atomic E-state index is 0.322. The van der Waals surface area contributed by atoms with Crippen molar-refractivity contribution in [1.29, 1.82) is 0 Å². The number of ether oxygens (including phenoxy) is 1. The number of piperidine rings is 1. The van der Waals surface area contributed by atoms with E-state index in [0.717, 1.165) is 22.0 Å². The van der Waals surface area contributed by atoms with E-state index in [-0.39, 0.29) is 6.09 Å². The van der Waals surface area contributed by atoms with E-state index in [4.69, 9.17) is 4.74 Å². The Kier molecular flexibility index (Phi) is 4.71. The van der Waals surface area contributed by atoms with Crippen LogP contribution >= 0.6 is 0 Å². The van der Waals surface area contributed by atoms with Gasteiger partial charge in [-0.15, -0.1) is 0 Å². The maximum Gasteiger partial charge on any atom is 0.410 e. The molecule has 3 rings (SSSR count). The second-order valence-electron chi connectivity index (χ2n) is 9.26. The predicted octanol–water partition coefficient (Wildman–Crippen LogP) is 4.40. The van der Waals surface area contributed by atoms with Gasteiger partial charge in [0.05, 0.1) is 11.1 Å². The van der Waals surface area contributed by atoms with E-state index in [1.165, 1.54) is 0 Å².